The van der Waals surface area contributed by atoms with Crippen LogP contribution < -0.4 is 0 Å². The SMILES string of the molecule is CCC1=CC(OC2CCCC(N(Cc3ccccc3)CC(O)C(F)(F)F)C2)CC(C)C1Cl. The molecule has 2 aliphatic carbocycles. The van der Waals surface area contributed by atoms with Gasteiger partial charge < -0.3 is 9.84 Å². The Balaban J connectivity index is 1.69. The number of rotatable bonds is 8. The van der Waals surface area contributed by atoms with E-state index >= 15 is 0 Å². The number of aliphatic hydroxyl groups is 1. The molecule has 0 spiro atoms. The van der Waals surface area contributed by atoms with Crippen molar-refractivity contribution in [2.24, 2.45) is 5.92 Å². The molecule has 2 aliphatic rings. The predicted octanol–water partition coefficient (Wildman–Crippen LogP) is 6.09. The third kappa shape index (κ3) is 6.96. The average molecular weight is 474 g/mol. The molecule has 1 fully saturated rings. The molecule has 0 heterocycles. The first-order chi connectivity index (χ1) is 15.2. The number of aliphatic hydroxyl groups excluding tert-OH is 1. The number of hydrogen-bond donors (Lipinski definition) is 1. The molecule has 7 heteroatoms. The van der Waals surface area contributed by atoms with E-state index in [0.717, 1.165) is 37.7 Å². The second-order valence-electron chi connectivity index (χ2n) is 9.30. The Morgan fingerprint density at radius 2 is 1.91 bits per heavy atom. The maximum Gasteiger partial charge on any atom is 0.415 e. The van der Waals surface area contributed by atoms with Crippen LogP contribution in [-0.2, 0) is 11.3 Å². The molecule has 0 saturated heterocycles. The van der Waals surface area contributed by atoms with E-state index in [4.69, 9.17) is 16.3 Å². The van der Waals surface area contributed by atoms with E-state index < -0.39 is 18.8 Å². The minimum atomic E-state index is -4.63. The number of alkyl halides is 4. The van der Waals surface area contributed by atoms with Crippen LogP contribution in [0.4, 0.5) is 13.2 Å². The zero-order valence-corrected chi connectivity index (χ0v) is 19.7. The Morgan fingerprint density at radius 1 is 1.19 bits per heavy atom. The molecular weight excluding hydrogens is 439 g/mol. The third-order valence-electron chi connectivity index (χ3n) is 6.76. The standard InChI is InChI=1S/C25H35ClF3NO2/c1-3-19-13-22(12-17(2)24(19)26)32-21-11-7-10-20(14-21)30(16-23(31)25(27,28)29)15-18-8-5-4-6-9-18/h4-6,8-9,13,17,20-24,31H,3,7,10-12,14-16H2,1-2H3. The van der Waals surface area contributed by atoms with Crippen molar-refractivity contribution in [2.45, 2.75) is 94.8 Å². The normalized spacial score (nSPS) is 30.2. The summed E-state index contributed by atoms with van der Waals surface area (Å²) in [7, 11) is 0. The Kier molecular flexibility index (Phi) is 9.07. The van der Waals surface area contributed by atoms with Crippen LogP contribution in [0, 0.1) is 5.92 Å². The summed E-state index contributed by atoms with van der Waals surface area (Å²) in [6.07, 6.45) is 0.187. The number of hydrogen-bond acceptors (Lipinski definition) is 3. The van der Waals surface area contributed by atoms with Crippen molar-refractivity contribution in [2.75, 3.05) is 6.54 Å². The summed E-state index contributed by atoms with van der Waals surface area (Å²) in [6.45, 7) is 4.19. The van der Waals surface area contributed by atoms with Gasteiger partial charge in [0.1, 0.15) is 0 Å². The number of nitrogens with zero attached hydrogens (tertiary/aromatic N) is 1. The van der Waals surface area contributed by atoms with E-state index in [1.807, 2.05) is 30.3 Å². The van der Waals surface area contributed by atoms with E-state index in [1.165, 1.54) is 5.57 Å². The number of halogens is 4. The second kappa shape index (κ2) is 11.4. The smallest absolute Gasteiger partial charge is 0.382 e. The molecule has 3 nitrogen and oxygen atoms in total. The highest BCUT2D eigenvalue weighted by Crippen LogP contribution is 2.35. The van der Waals surface area contributed by atoms with Crippen molar-refractivity contribution in [1.82, 2.24) is 4.90 Å². The molecule has 6 unspecified atom stereocenters. The summed E-state index contributed by atoms with van der Waals surface area (Å²) in [4.78, 5) is 1.79. The van der Waals surface area contributed by atoms with Crippen molar-refractivity contribution in [1.29, 1.82) is 0 Å². The van der Waals surface area contributed by atoms with Gasteiger partial charge in [0.15, 0.2) is 6.10 Å². The first-order valence-electron chi connectivity index (χ1n) is 11.7. The van der Waals surface area contributed by atoms with E-state index in [-0.39, 0.29) is 23.6 Å². The fourth-order valence-electron chi connectivity index (χ4n) is 4.97. The Morgan fingerprint density at radius 3 is 2.56 bits per heavy atom. The van der Waals surface area contributed by atoms with Gasteiger partial charge in [-0.3, -0.25) is 4.90 Å². The number of benzene rings is 1. The van der Waals surface area contributed by atoms with Crippen LogP contribution in [-0.4, -0.2) is 52.5 Å². The van der Waals surface area contributed by atoms with Crippen molar-refractivity contribution in [3.05, 3.63) is 47.5 Å². The zero-order chi connectivity index (χ0) is 23.3. The van der Waals surface area contributed by atoms with E-state index in [1.54, 1.807) is 4.90 Å². The summed E-state index contributed by atoms with van der Waals surface area (Å²) in [5.41, 5.74) is 2.15. The van der Waals surface area contributed by atoms with E-state index in [0.29, 0.717) is 18.9 Å². The van der Waals surface area contributed by atoms with Crippen LogP contribution in [0.5, 0.6) is 0 Å². The maximum absolute atomic E-state index is 13.1. The van der Waals surface area contributed by atoms with Gasteiger partial charge in [0.25, 0.3) is 0 Å². The van der Waals surface area contributed by atoms with Crippen molar-refractivity contribution in [3.8, 4) is 0 Å². The lowest BCUT2D eigenvalue weighted by molar-refractivity contribution is -0.210. The number of ether oxygens (including phenoxy) is 1. The molecule has 0 bridgehead atoms. The average Bonchev–Trinajstić information content (AvgIpc) is 2.76. The van der Waals surface area contributed by atoms with Crippen LogP contribution in [0.15, 0.2) is 42.0 Å². The zero-order valence-electron chi connectivity index (χ0n) is 18.9. The highest BCUT2D eigenvalue weighted by molar-refractivity contribution is 6.22. The topological polar surface area (TPSA) is 32.7 Å². The molecule has 1 saturated carbocycles. The van der Waals surface area contributed by atoms with Gasteiger partial charge in [0.05, 0.1) is 17.6 Å². The lowest BCUT2D eigenvalue weighted by atomic mass is 9.86. The minimum Gasteiger partial charge on any atom is -0.382 e. The van der Waals surface area contributed by atoms with Crippen molar-refractivity contribution in [3.63, 3.8) is 0 Å². The molecule has 0 amide bonds. The fraction of sp³-hybridized carbons (Fsp3) is 0.680. The lowest BCUT2D eigenvalue weighted by Crippen LogP contribution is -2.47. The van der Waals surface area contributed by atoms with Gasteiger partial charge >= 0.3 is 6.18 Å². The molecule has 0 aliphatic heterocycles. The van der Waals surface area contributed by atoms with Gasteiger partial charge in [-0.2, -0.15) is 13.2 Å². The molecule has 0 aromatic heterocycles. The van der Waals surface area contributed by atoms with Gasteiger partial charge in [0, 0.05) is 19.1 Å². The number of allylic oxidation sites excluding steroid dienone is 1. The minimum absolute atomic E-state index is 0.00189. The van der Waals surface area contributed by atoms with Crippen molar-refractivity contribution >= 4 is 11.6 Å². The first kappa shape index (κ1) is 25.5. The van der Waals surface area contributed by atoms with Gasteiger partial charge in [-0.05, 0) is 50.0 Å². The summed E-state index contributed by atoms with van der Waals surface area (Å²) < 4.78 is 45.8. The molecule has 6 atom stereocenters. The quantitative estimate of drug-likeness (QED) is 0.366. The summed E-state index contributed by atoms with van der Waals surface area (Å²) in [6, 6.07) is 9.40. The lowest BCUT2D eigenvalue weighted by Gasteiger charge is -2.40. The molecule has 1 aromatic carbocycles. The largest absolute Gasteiger partial charge is 0.415 e. The van der Waals surface area contributed by atoms with Crippen LogP contribution in [0.25, 0.3) is 0 Å². The van der Waals surface area contributed by atoms with Crippen LogP contribution in [0.1, 0.15) is 57.9 Å². The molecular formula is C25H35ClF3NO2. The van der Waals surface area contributed by atoms with Gasteiger partial charge in [-0.15, -0.1) is 11.6 Å². The molecule has 1 N–H and O–H groups in total. The summed E-state index contributed by atoms with van der Waals surface area (Å²) in [5, 5.41) is 9.83. The van der Waals surface area contributed by atoms with E-state index in [2.05, 4.69) is 19.9 Å². The molecule has 32 heavy (non-hydrogen) atoms. The monoisotopic (exact) mass is 473 g/mol. The predicted molar refractivity (Wildman–Crippen MR) is 122 cm³/mol. The molecule has 0 radical (unpaired) electrons. The van der Waals surface area contributed by atoms with Crippen LogP contribution in [0.3, 0.4) is 0 Å². The molecule has 3 rings (SSSR count). The third-order valence-corrected chi connectivity index (χ3v) is 7.47. The van der Waals surface area contributed by atoms with Crippen LogP contribution in [0.2, 0.25) is 0 Å². The van der Waals surface area contributed by atoms with Gasteiger partial charge in [-0.25, -0.2) is 0 Å². The fourth-order valence-corrected chi connectivity index (χ4v) is 5.30. The second-order valence-corrected chi connectivity index (χ2v) is 9.77. The van der Waals surface area contributed by atoms with E-state index in [9.17, 15) is 18.3 Å². The van der Waals surface area contributed by atoms with Gasteiger partial charge in [-0.1, -0.05) is 55.8 Å². The van der Waals surface area contributed by atoms with Crippen molar-refractivity contribution < 1.29 is 23.0 Å². The Labute approximate surface area is 194 Å². The van der Waals surface area contributed by atoms with Gasteiger partial charge in [0.2, 0.25) is 0 Å². The first-order valence-corrected chi connectivity index (χ1v) is 12.1. The Hall–Kier alpha value is -1.08. The molecule has 1 aromatic rings. The molecule has 180 valence electrons. The highest BCUT2D eigenvalue weighted by Gasteiger charge is 2.41. The maximum atomic E-state index is 13.1. The summed E-state index contributed by atoms with van der Waals surface area (Å²) >= 11 is 6.52. The summed E-state index contributed by atoms with van der Waals surface area (Å²) in [5.74, 6) is 0.331. The Bertz CT molecular complexity index is 742. The highest BCUT2D eigenvalue weighted by atomic mass is 35.5. The van der Waals surface area contributed by atoms with Crippen LogP contribution >= 0.6 is 11.6 Å².